The second-order valence-electron chi connectivity index (χ2n) is 10.2. The molecule has 1 heterocycles. The number of carbonyl (C=O) groups is 1. The highest BCUT2D eigenvalue weighted by molar-refractivity contribution is 7.89. The van der Waals surface area contributed by atoms with Crippen LogP contribution < -0.4 is 20.5 Å². The number of hydrogen-bond donors (Lipinski definition) is 2. The van der Waals surface area contributed by atoms with E-state index in [-0.39, 0.29) is 30.1 Å². The van der Waals surface area contributed by atoms with Gasteiger partial charge in [-0.3, -0.25) is 4.79 Å². The van der Waals surface area contributed by atoms with E-state index in [1.54, 1.807) is 36.4 Å². The lowest BCUT2D eigenvalue weighted by Gasteiger charge is -2.33. The molecule has 3 N–H and O–H groups in total. The fraction of sp³-hybridized carbons (Fsp3) is 0.367. The highest BCUT2D eigenvalue weighted by atomic mass is 32.2. The highest BCUT2D eigenvalue weighted by Crippen LogP contribution is 2.35. The van der Waals surface area contributed by atoms with E-state index in [4.69, 9.17) is 19.9 Å². The lowest BCUT2D eigenvalue weighted by atomic mass is 9.94. The normalized spacial score (nSPS) is 14.3. The van der Waals surface area contributed by atoms with Crippen molar-refractivity contribution in [3.8, 4) is 17.2 Å². The van der Waals surface area contributed by atoms with E-state index in [1.807, 2.05) is 44.2 Å². The van der Waals surface area contributed by atoms with Gasteiger partial charge in [-0.25, -0.2) is 8.42 Å². The Morgan fingerprint density at radius 2 is 1.75 bits per heavy atom. The quantitative estimate of drug-likeness (QED) is 0.301. The molecule has 3 aromatic rings. The van der Waals surface area contributed by atoms with Crippen molar-refractivity contribution in [1.82, 2.24) is 9.62 Å². The first-order valence-electron chi connectivity index (χ1n) is 13.3. The summed E-state index contributed by atoms with van der Waals surface area (Å²) in [5, 5.41) is 2.73. The average Bonchev–Trinajstić information content (AvgIpc) is 2.93. The van der Waals surface area contributed by atoms with Gasteiger partial charge < -0.3 is 25.3 Å². The second-order valence-corrected chi connectivity index (χ2v) is 12.2. The highest BCUT2D eigenvalue weighted by Gasteiger charge is 2.31. The van der Waals surface area contributed by atoms with E-state index in [1.165, 1.54) is 10.4 Å². The summed E-state index contributed by atoms with van der Waals surface area (Å²) in [6.45, 7) is 5.01. The molecule has 10 heteroatoms. The van der Waals surface area contributed by atoms with Crippen LogP contribution in [-0.2, 0) is 32.5 Å². The SMILES string of the molecule is CC1(C)CCc2cc(S(=O)(=O)N(CC(=O)NCCOCCN)Cc3ccc(Oc4ccccc4)cc3)ccc2O1. The third-order valence-electron chi connectivity index (χ3n) is 6.46. The maximum Gasteiger partial charge on any atom is 0.243 e. The van der Waals surface area contributed by atoms with Crippen LogP contribution in [0.3, 0.4) is 0 Å². The number of rotatable bonds is 13. The van der Waals surface area contributed by atoms with Crippen LogP contribution in [0.4, 0.5) is 0 Å². The first-order valence-corrected chi connectivity index (χ1v) is 14.8. The fourth-order valence-electron chi connectivity index (χ4n) is 4.33. The molecule has 0 spiro atoms. The number of sulfonamides is 1. The predicted molar refractivity (Wildman–Crippen MR) is 153 cm³/mol. The van der Waals surface area contributed by atoms with E-state index in [0.717, 1.165) is 12.0 Å². The molecule has 0 fully saturated rings. The van der Waals surface area contributed by atoms with Gasteiger partial charge in [0.1, 0.15) is 22.8 Å². The molecule has 0 aliphatic carbocycles. The van der Waals surface area contributed by atoms with Gasteiger partial charge in [-0.15, -0.1) is 0 Å². The number of ether oxygens (including phenoxy) is 3. The van der Waals surface area contributed by atoms with Crippen LogP contribution in [-0.4, -0.2) is 57.1 Å². The number of hydrogen-bond acceptors (Lipinski definition) is 7. The first kappa shape index (κ1) is 29.5. The number of nitrogens with zero attached hydrogens (tertiary/aromatic N) is 1. The Morgan fingerprint density at radius 3 is 2.48 bits per heavy atom. The van der Waals surface area contributed by atoms with Crippen molar-refractivity contribution in [1.29, 1.82) is 0 Å². The van der Waals surface area contributed by atoms with E-state index in [9.17, 15) is 13.2 Å². The zero-order valence-electron chi connectivity index (χ0n) is 23.0. The minimum absolute atomic E-state index is 0.00561. The Hall–Kier alpha value is -3.44. The summed E-state index contributed by atoms with van der Waals surface area (Å²) in [7, 11) is -4.02. The van der Waals surface area contributed by atoms with Gasteiger partial charge in [0.25, 0.3) is 0 Å². The molecule has 1 amide bonds. The lowest BCUT2D eigenvalue weighted by molar-refractivity contribution is -0.121. The number of benzene rings is 3. The molecule has 0 saturated heterocycles. The number of carbonyl (C=O) groups excluding carboxylic acids is 1. The molecule has 0 aromatic heterocycles. The third kappa shape index (κ3) is 8.04. The Balaban J connectivity index is 1.52. The predicted octanol–water partition coefficient (Wildman–Crippen LogP) is 3.86. The van der Waals surface area contributed by atoms with E-state index in [2.05, 4.69) is 5.32 Å². The standard InChI is InChI=1S/C30H37N3O6S/c1-30(2)15-14-24-20-27(12-13-28(24)39-30)40(35,36)33(22-29(34)32-17-19-37-18-16-31)21-23-8-10-26(11-9-23)38-25-6-4-3-5-7-25/h3-13,20H,14-19,21-22,31H2,1-2H3,(H,32,34). The summed E-state index contributed by atoms with van der Waals surface area (Å²) >= 11 is 0. The minimum Gasteiger partial charge on any atom is -0.488 e. The van der Waals surface area contributed by atoms with Crippen molar-refractivity contribution in [3.63, 3.8) is 0 Å². The first-order chi connectivity index (χ1) is 19.2. The number of nitrogens with one attached hydrogen (secondary N) is 1. The molecule has 0 unspecified atom stereocenters. The number of nitrogens with two attached hydrogens (primary N) is 1. The molecule has 9 nitrogen and oxygen atoms in total. The monoisotopic (exact) mass is 567 g/mol. The maximum atomic E-state index is 13.9. The number of amides is 1. The van der Waals surface area contributed by atoms with Gasteiger partial charge in [-0.1, -0.05) is 30.3 Å². The second kappa shape index (κ2) is 13.3. The summed E-state index contributed by atoms with van der Waals surface area (Å²) in [4.78, 5) is 12.9. The van der Waals surface area contributed by atoms with E-state index >= 15 is 0 Å². The van der Waals surface area contributed by atoms with Crippen LogP contribution in [0.2, 0.25) is 0 Å². The zero-order valence-corrected chi connectivity index (χ0v) is 23.8. The molecule has 0 atom stereocenters. The summed E-state index contributed by atoms with van der Waals surface area (Å²) in [6, 6.07) is 21.4. The summed E-state index contributed by atoms with van der Waals surface area (Å²) in [5.74, 6) is 1.58. The van der Waals surface area contributed by atoms with Gasteiger partial charge in [0.05, 0.1) is 24.7 Å². The Kier molecular flexibility index (Phi) is 9.80. The minimum atomic E-state index is -4.02. The average molecular weight is 568 g/mol. The van der Waals surface area contributed by atoms with Gasteiger partial charge in [-0.2, -0.15) is 4.31 Å². The maximum absolute atomic E-state index is 13.9. The Morgan fingerprint density at radius 1 is 1.02 bits per heavy atom. The molecule has 1 aliphatic rings. The zero-order chi connectivity index (χ0) is 28.6. The van der Waals surface area contributed by atoms with Crippen LogP contribution in [0.5, 0.6) is 17.2 Å². The van der Waals surface area contributed by atoms with Crippen molar-refractivity contribution in [3.05, 3.63) is 83.9 Å². The topological polar surface area (TPSA) is 120 Å². The molecular weight excluding hydrogens is 530 g/mol. The van der Waals surface area contributed by atoms with Crippen LogP contribution in [0.1, 0.15) is 31.4 Å². The van der Waals surface area contributed by atoms with Gasteiger partial charge in [0.2, 0.25) is 15.9 Å². The van der Waals surface area contributed by atoms with E-state index < -0.39 is 15.9 Å². The van der Waals surface area contributed by atoms with Gasteiger partial charge in [-0.05, 0) is 80.3 Å². The van der Waals surface area contributed by atoms with E-state index in [0.29, 0.717) is 49.0 Å². The molecule has 0 saturated carbocycles. The number of fused-ring (bicyclic) bond motifs is 1. The van der Waals surface area contributed by atoms with Crippen molar-refractivity contribution in [2.75, 3.05) is 32.8 Å². The fourth-order valence-corrected chi connectivity index (χ4v) is 5.76. The van der Waals surface area contributed by atoms with Gasteiger partial charge in [0, 0.05) is 19.6 Å². The van der Waals surface area contributed by atoms with Crippen molar-refractivity contribution in [2.24, 2.45) is 5.73 Å². The molecule has 0 bridgehead atoms. The molecule has 4 rings (SSSR count). The molecular formula is C30H37N3O6S. The number of aryl methyl sites for hydroxylation is 1. The van der Waals surface area contributed by atoms with Crippen LogP contribution in [0.25, 0.3) is 0 Å². The van der Waals surface area contributed by atoms with Crippen molar-refractivity contribution in [2.45, 2.75) is 43.7 Å². The summed E-state index contributed by atoms with van der Waals surface area (Å²) in [5.41, 5.74) is 6.66. The lowest BCUT2D eigenvalue weighted by Crippen LogP contribution is -2.41. The van der Waals surface area contributed by atoms with Crippen LogP contribution in [0, 0.1) is 0 Å². The van der Waals surface area contributed by atoms with Crippen molar-refractivity contribution < 1.29 is 27.4 Å². The molecule has 1 aliphatic heterocycles. The van der Waals surface area contributed by atoms with Gasteiger partial charge in [0.15, 0.2) is 0 Å². The summed E-state index contributed by atoms with van der Waals surface area (Å²) in [6.07, 6.45) is 1.48. The largest absolute Gasteiger partial charge is 0.488 e. The molecule has 214 valence electrons. The van der Waals surface area contributed by atoms with Crippen molar-refractivity contribution >= 4 is 15.9 Å². The molecule has 0 radical (unpaired) electrons. The third-order valence-corrected chi connectivity index (χ3v) is 8.25. The Labute approximate surface area is 236 Å². The smallest absolute Gasteiger partial charge is 0.243 e. The van der Waals surface area contributed by atoms with Gasteiger partial charge >= 0.3 is 0 Å². The number of para-hydroxylation sites is 1. The molecule has 40 heavy (non-hydrogen) atoms. The van der Waals surface area contributed by atoms with Crippen LogP contribution >= 0.6 is 0 Å². The van der Waals surface area contributed by atoms with Crippen LogP contribution in [0.15, 0.2) is 77.7 Å². The summed E-state index contributed by atoms with van der Waals surface area (Å²) < 4.78 is 46.1. The Bertz CT molecular complexity index is 1380. The molecule has 3 aromatic carbocycles.